The zero-order valence-corrected chi connectivity index (χ0v) is 20.7. The predicted octanol–water partition coefficient (Wildman–Crippen LogP) is 3.62. The van der Waals surface area contributed by atoms with E-state index in [0.29, 0.717) is 12.0 Å². The van der Waals surface area contributed by atoms with Crippen LogP contribution >= 0.6 is 35.3 Å². The molecule has 2 fully saturated rings. The number of hydrogen-bond acceptors (Lipinski definition) is 4. The van der Waals surface area contributed by atoms with E-state index in [1.807, 2.05) is 11.3 Å². The Morgan fingerprint density at radius 3 is 2.82 bits per heavy atom. The van der Waals surface area contributed by atoms with Gasteiger partial charge in [-0.3, -0.25) is 14.8 Å². The van der Waals surface area contributed by atoms with Crippen molar-refractivity contribution in [1.29, 1.82) is 0 Å². The predicted molar refractivity (Wildman–Crippen MR) is 132 cm³/mol. The Morgan fingerprint density at radius 1 is 1.21 bits per heavy atom. The molecule has 3 rings (SSSR count). The van der Waals surface area contributed by atoms with Crippen LogP contribution in [-0.2, 0) is 6.54 Å². The summed E-state index contributed by atoms with van der Waals surface area (Å²) in [6.45, 7) is 13.2. The number of hydrogen-bond donors (Lipinski definition) is 2. The molecule has 2 N–H and O–H groups in total. The summed E-state index contributed by atoms with van der Waals surface area (Å²) in [4.78, 5) is 11.6. The Bertz CT molecular complexity index is 565. The lowest BCUT2D eigenvalue weighted by molar-refractivity contribution is 0.172. The highest BCUT2D eigenvalue weighted by molar-refractivity contribution is 14.0. The van der Waals surface area contributed by atoms with Gasteiger partial charge in [0.2, 0.25) is 0 Å². The molecule has 2 aliphatic heterocycles. The van der Waals surface area contributed by atoms with Gasteiger partial charge in [0, 0.05) is 43.6 Å². The smallest absolute Gasteiger partial charge is 0.191 e. The molecule has 2 saturated heterocycles. The number of rotatable bonds is 8. The van der Waals surface area contributed by atoms with Gasteiger partial charge in [-0.05, 0) is 69.6 Å². The van der Waals surface area contributed by atoms with Crippen molar-refractivity contribution in [1.82, 2.24) is 20.4 Å². The molecular weight excluding hydrogens is 481 g/mol. The average Bonchev–Trinajstić information content (AvgIpc) is 3.36. The van der Waals surface area contributed by atoms with Crippen LogP contribution < -0.4 is 10.6 Å². The van der Waals surface area contributed by atoms with Gasteiger partial charge in [0.05, 0.1) is 0 Å². The Labute approximate surface area is 192 Å². The molecule has 28 heavy (non-hydrogen) atoms. The fourth-order valence-corrected chi connectivity index (χ4v) is 5.13. The third-order valence-corrected chi connectivity index (χ3v) is 6.69. The van der Waals surface area contributed by atoms with Crippen molar-refractivity contribution < 1.29 is 0 Å². The molecule has 1 aromatic rings. The summed E-state index contributed by atoms with van der Waals surface area (Å²) in [7, 11) is 0. The van der Waals surface area contributed by atoms with Crippen molar-refractivity contribution in [2.75, 3.05) is 45.8 Å². The van der Waals surface area contributed by atoms with Crippen LogP contribution in [-0.4, -0.2) is 67.6 Å². The molecular formula is C21H38IN5S. The van der Waals surface area contributed by atoms with Crippen LogP contribution in [0.2, 0.25) is 0 Å². The highest BCUT2D eigenvalue weighted by Crippen LogP contribution is 2.20. The first-order chi connectivity index (χ1) is 13.3. The number of thiophene rings is 1. The van der Waals surface area contributed by atoms with E-state index in [0.717, 1.165) is 38.7 Å². The molecule has 2 unspecified atom stereocenters. The van der Waals surface area contributed by atoms with Crippen LogP contribution in [0.5, 0.6) is 0 Å². The number of likely N-dealkylation sites (tertiary alicyclic amines) is 2. The van der Waals surface area contributed by atoms with Crippen molar-refractivity contribution in [3.05, 3.63) is 22.4 Å². The highest BCUT2D eigenvalue weighted by atomic mass is 127. The monoisotopic (exact) mass is 519 g/mol. The molecule has 1 aromatic heterocycles. The summed E-state index contributed by atoms with van der Waals surface area (Å²) < 4.78 is 0. The second kappa shape index (κ2) is 13.0. The Balaban J connectivity index is 0.00000280. The standard InChI is InChI=1S/C21H37N5S.HI/c1-3-22-21(24-15-19-9-6-12-26(19)4-2)23-14-18-8-5-11-25(16-18)17-20-10-7-13-27-20;/h7,10,13,18-19H,3-6,8-9,11-12,14-17H2,1-2H3,(H2,22,23,24);1H. The first-order valence-corrected chi connectivity index (χ1v) is 11.7. The fraction of sp³-hybridized carbons (Fsp3) is 0.762. The average molecular weight is 520 g/mol. The molecule has 0 spiro atoms. The first-order valence-electron chi connectivity index (χ1n) is 10.8. The van der Waals surface area contributed by atoms with Gasteiger partial charge >= 0.3 is 0 Å². The Kier molecular flexibility index (Phi) is 11.1. The molecule has 2 atom stereocenters. The van der Waals surface area contributed by atoms with Crippen LogP contribution in [0.1, 0.15) is 44.4 Å². The van der Waals surface area contributed by atoms with E-state index in [4.69, 9.17) is 4.99 Å². The number of guanidine groups is 1. The largest absolute Gasteiger partial charge is 0.357 e. The molecule has 160 valence electrons. The zero-order chi connectivity index (χ0) is 18.9. The zero-order valence-electron chi connectivity index (χ0n) is 17.5. The van der Waals surface area contributed by atoms with Gasteiger partial charge in [0.1, 0.15) is 0 Å². The molecule has 0 amide bonds. The van der Waals surface area contributed by atoms with Gasteiger partial charge < -0.3 is 10.6 Å². The summed E-state index contributed by atoms with van der Waals surface area (Å²) in [5.41, 5.74) is 0. The molecule has 5 nitrogen and oxygen atoms in total. The highest BCUT2D eigenvalue weighted by Gasteiger charge is 2.23. The first kappa shape index (κ1) is 23.9. The number of nitrogens with zero attached hydrogens (tertiary/aromatic N) is 3. The summed E-state index contributed by atoms with van der Waals surface area (Å²) in [6.07, 6.45) is 5.23. The molecule has 3 heterocycles. The number of halogens is 1. The lowest BCUT2D eigenvalue weighted by atomic mass is 9.98. The maximum Gasteiger partial charge on any atom is 0.191 e. The van der Waals surface area contributed by atoms with Gasteiger partial charge in [-0.15, -0.1) is 35.3 Å². The number of aliphatic imine (C=N–C) groups is 1. The van der Waals surface area contributed by atoms with Gasteiger partial charge in [-0.1, -0.05) is 13.0 Å². The second-order valence-electron chi connectivity index (χ2n) is 7.85. The van der Waals surface area contributed by atoms with Crippen LogP contribution in [0.4, 0.5) is 0 Å². The summed E-state index contributed by atoms with van der Waals surface area (Å²) in [5.74, 6) is 1.67. The Hall–Kier alpha value is -0.380. The van der Waals surface area contributed by atoms with Crippen LogP contribution in [0.25, 0.3) is 0 Å². The van der Waals surface area contributed by atoms with Crippen molar-refractivity contribution in [2.24, 2.45) is 10.9 Å². The molecule has 0 radical (unpaired) electrons. The van der Waals surface area contributed by atoms with Crippen molar-refractivity contribution in [3.8, 4) is 0 Å². The van der Waals surface area contributed by atoms with E-state index in [1.54, 1.807) is 0 Å². The fourth-order valence-electron chi connectivity index (χ4n) is 4.39. The van der Waals surface area contributed by atoms with Crippen molar-refractivity contribution >= 4 is 41.3 Å². The van der Waals surface area contributed by atoms with Crippen molar-refractivity contribution in [2.45, 2.75) is 52.1 Å². The number of likely N-dealkylation sites (N-methyl/N-ethyl adjacent to an activating group) is 1. The molecule has 0 aliphatic carbocycles. The molecule has 0 saturated carbocycles. The second-order valence-corrected chi connectivity index (χ2v) is 8.88. The van der Waals surface area contributed by atoms with E-state index in [-0.39, 0.29) is 24.0 Å². The Morgan fingerprint density at radius 2 is 2.07 bits per heavy atom. The number of piperidine rings is 1. The lowest BCUT2D eigenvalue weighted by Gasteiger charge is -2.31. The maximum absolute atomic E-state index is 4.93. The van der Waals surface area contributed by atoms with Gasteiger partial charge in [0.25, 0.3) is 0 Å². The maximum atomic E-state index is 4.93. The van der Waals surface area contributed by atoms with E-state index in [1.165, 1.54) is 50.2 Å². The third-order valence-electron chi connectivity index (χ3n) is 5.82. The van der Waals surface area contributed by atoms with Gasteiger partial charge in [-0.2, -0.15) is 0 Å². The SMILES string of the molecule is CCNC(=NCC1CCCN(Cc2cccs2)C1)NCC1CCCN1CC.I. The normalized spacial score (nSPS) is 24.1. The van der Waals surface area contributed by atoms with Crippen LogP contribution in [0.15, 0.2) is 22.5 Å². The summed E-state index contributed by atoms with van der Waals surface area (Å²) in [6, 6.07) is 5.07. The summed E-state index contributed by atoms with van der Waals surface area (Å²) >= 11 is 1.87. The van der Waals surface area contributed by atoms with E-state index < -0.39 is 0 Å². The van der Waals surface area contributed by atoms with Crippen LogP contribution in [0, 0.1) is 5.92 Å². The molecule has 7 heteroatoms. The minimum Gasteiger partial charge on any atom is -0.357 e. The van der Waals surface area contributed by atoms with Gasteiger partial charge in [0.15, 0.2) is 5.96 Å². The van der Waals surface area contributed by atoms with E-state index >= 15 is 0 Å². The quantitative estimate of drug-likeness (QED) is 0.313. The lowest BCUT2D eigenvalue weighted by Crippen LogP contribution is -2.45. The topological polar surface area (TPSA) is 42.9 Å². The van der Waals surface area contributed by atoms with E-state index in [2.05, 4.69) is 51.8 Å². The summed E-state index contributed by atoms with van der Waals surface area (Å²) in [5, 5.41) is 9.21. The third kappa shape index (κ3) is 7.46. The minimum atomic E-state index is 0. The van der Waals surface area contributed by atoms with Crippen LogP contribution in [0.3, 0.4) is 0 Å². The van der Waals surface area contributed by atoms with Crippen molar-refractivity contribution in [3.63, 3.8) is 0 Å². The molecule has 2 aliphatic rings. The molecule has 0 aromatic carbocycles. The number of nitrogens with one attached hydrogen (secondary N) is 2. The van der Waals surface area contributed by atoms with Gasteiger partial charge in [-0.25, -0.2) is 0 Å². The molecule has 0 bridgehead atoms. The minimum absolute atomic E-state index is 0. The van der Waals surface area contributed by atoms with E-state index in [9.17, 15) is 0 Å².